The molecule has 0 fully saturated rings. The van der Waals surface area contributed by atoms with E-state index in [9.17, 15) is 33.4 Å². The first-order valence-corrected chi connectivity index (χ1v) is 12.2. The lowest BCUT2D eigenvalue weighted by Gasteiger charge is -2.09. The molecule has 0 saturated heterocycles. The molecule has 0 saturated carbocycles. The number of nitro benzene ring substituents is 2. The Morgan fingerprint density at radius 2 is 1.53 bits per heavy atom. The van der Waals surface area contributed by atoms with Crippen LogP contribution >= 0.6 is 11.3 Å². The number of carbonyl (C=O) groups is 1. The molecule has 4 aromatic rings. The number of carbonyl (C=O) groups excluding carboxylic acids is 1. The number of nitrogens with zero attached hydrogens (tertiary/aromatic N) is 4. The number of hydrogen-bond acceptors (Lipinski definition) is 10. The van der Waals surface area contributed by atoms with Crippen molar-refractivity contribution in [2.75, 3.05) is 10.0 Å². The molecule has 1 amide bonds. The molecule has 0 bridgehead atoms. The summed E-state index contributed by atoms with van der Waals surface area (Å²) < 4.78 is 27.5. The van der Waals surface area contributed by atoms with Gasteiger partial charge in [0.2, 0.25) is 5.13 Å². The maximum atomic E-state index is 12.6. The van der Waals surface area contributed by atoms with E-state index in [1.807, 2.05) is 0 Å². The number of aromatic nitrogens is 2. The summed E-state index contributed by atoms with van der Waals surface area (Å²) in [6.45, 7) is 0. The van der Waals surface area contributed by atoms with Crippen LogP contribution in [-0.4, -0.2) is 34.4 Å². The van der Waals surface area contributed by atoms with E-state index in [0.29, 0.717) is 10.6 Å². The number of sulfonamides is 1. The summed E-state index contributed by atoms with van der Waals surface area (Å²) in [4.78, 5) is 32.7. The minimum Gasteiger partial charge on any atom is -0.296 e. The maximum Gasteiger partial charge on any atom is 0.289 e. The monoisotopic (exact) mass is 526 g/mol. The first-order chi connectivity index (χ1) is 17.1. The van der Waals surface area contributed by atoms with E-state index in [2.05, 4.69) is 20.2 Å². The summed E-state index contributed by atoms with van der Waals surface area (Å²) in [7, 11) is -4.25. The molecule has 0 aliphatic rings. The topological polar surface area (TPSA) is 187 Å². The zero-order valence-corrected chi connectivity index (χ0v) is 19.5. The van der Waals surface area contributed by atoms with Crippen LogP contribution in [0, 0.1) is 20.2 Å². The summed E-state index contributed by atoms with van der Waals surface area (Å²) in [5.74, 6) is -0.533. The zero-order valence-electron chi connectivity index (χ0n) is 17.9. The third kappa shape index (κ3) is 5.31. The Labute approximate surface area is 206 Å². The van der Waals surface area contributed by atoms with E-state index >= 15 is 0 Å². The van der Waals surface area contributed by atoms with Crippen molar-refractivity contribution >= 4 is 49.5 Å². The first-order valence-electron chi connectivity index (χ1n) is 9.90. The smallest absolute Gasteiger partial charge is 0.289 e. The molecule has 0 radical (unpaired) electrons. The lowest BCUT2D eigenvalue weighted by molar-refractivity contribution is -0.387. The molecule has 13 nitrogen and oxygen atoms in total. The van der Waals surface area contributed by atoms with E-state index < -0.39 is 36.4 Å². The summed E-state index contributed by atoms with van der Waals surface area (Å²) in [5, 5.41) is 33.0. The van der Waals surface area contributed by atoms with Gasteiger partial charge in [0.1, 0.15) is 5.01 Å². The van der Waals surface area contributed by atoms with Crippen LogP contribution in [0.1, 0.15) is 10.4 Å². The lowest BCUT2D eigenvalue weighted by Crippen LogP contribution is -2.15. The average molecular weight is 527 g/mol. The standard InChI is InChI=1S/C21H14N6O7S2/c28-19(22-21-24-23-20(35-21)14-7-11-16(12-8-14)26(29)30)13-5-9-15(10-6-13)25-36(33,34)18-4-2-1-3-17(18)27(31)32/h1-12,25H,(H,22,24,28). The van der Waals surface area contributed by atoms with Crippen molar-refractivity contribution in [3.05, 3.63) is 98.6 Å². The van der Waals surface area contributed by atoms with E-state index in [1.54, 1.807) is 0 Å². The molecular formula is C21H14N6O7S2. The second-order valence-corrected chi connectivity index (χ2v) is 9.71. The van der Waals surface area contributed by atoms with E-state index in [4.69, 9.17) is 0 Å². The van der Waals surface area contributed by atoms with Gasteiger partial charge in [-0.3, -0.25) is 35.1 Å². The minimum absolute atomic E-state index is 0.0653. The van der Waals surface area contributed by atoms with Gasteiger partial charge >= 0.3 is 0 Å². The van der Waals surface area contributed by atoms with Crippen molar-refractivity contribution in [1.29, 1.82) is 0 Å². The quantitative estimate of drug-likeness (QED) is 0.252. The van der Waals surface area contributed by atoms with Crippen molar-refractivity contribution in [2.45, 2.75) is 4.90 Å². The summed E-state index contributed by atoms with van der Waals surface area (Å²) in [6, 6.07) is 16.1. The van der Waals surface area contributed by atoms with Gasteiger partial charge in [-0.2, -0.15) is 0 Å². The predicted octanol–water partition coefficient (Wildman–Crippen LogP) is 4.07. The van der Waals surface area contributed by atoms with Crippen molar-refractivity contribution in [1.82, 2.24) is 10.2 Å². The third-order valence-corrected chi connectivity index (χ3v) is 7.04. The van der Waals surface area contributed by atoms with Crippen molar-refractivity contribution in [3.63, 3.8) is 0 Å². The number of rotatable bonds is 8. The molecule has 4 rings (SSSR count). The van der Waals surface area contributed by atoms with Crippen LogP contribution in [0.15, 0.2) is 77.7 Å². The Bertz CT molecular complexity index is 1570. The second-order valence-electron chi connectivity index (χ2n) is 7.08. The van der Waals surface area contributed by atoms with Gasteiger partial charge < -0.3 is 0 Å². The molecule has 15 heteroatoms. The largest absolute Gasteiger partial charge is 0.296 e. The average Bonchev–Trinajstić information content (AvgIpc) is 3.32. The number of nitro groups is 2. The Balaban J connectivity index is 1.44. The van der Waals surface area contributed by atoms with Gasteiger partial charge in [0.15, 0.2) is 4.90 Å². The highest BCUT2D eigenvalue weighted by atomic mass is 32.2. The van der Waals surface area contributed by atoms with Crippen LogP contribution < -0.4 is 10.0 Å². The van der Waals surface area contributed by atoms with Crippen molar-refractivity contribution in [2.24, 2.45) is 0 Å². The molecule has 0 aliphatic carbocycles. The Hall–Kier alpha value is -4.76. The van der Waals surface area contributed by atoms with E-state index in [-0.39, 0.29) is 22.1 Å². The molecular weight excluding hydrogens is 512 g/mol. The normalized spacial score (nSPS) is 11.0. The molecule has 1 heterocycles. The van der Waals surface area contributed by atoms with Crippen LogP contribution in [0.3, 0.4) is 0 Å². The Morgan fingerprint density at radius 3 is 2.17 bits per heavy atom. The maximum absolute atomic E-state index is 12.6. The number of nitrogens with one attached hydrogen (secondary N) is 2. The first kappa shape index (κ1) is 24.4. The number of amides is 1. The molecule has 2 N–H and O–H groups in total. The third-order valence-electron chi connectivity index (χ3n) is 4.72. The number of para-hydroxylation sites is 1. The molecule has 36 heavy (non-hydrogen) atoms. The fourth-order valence-electron chi connectivity index (χ4n) is 3.02. The van der Waals surface area contributed by atoms with Gasteiger partial charge in [0.05, 0.1) is 9.85 Å². The molecule has 3 aromatic carbocycles. The van der Waals surface area contributed by atoms with Crippen molar-refractivity contribution < 1.29 is 23.1 Å². The highest BCUT2D eigenvalue weighted by molar-refractivity contribution is 7.92. The second kappa shape index (κ2) is 9.85. The molecule has 0 atom stereocenters. The Morgan fingerprint density at radius 1 is 0.861 bits per heavy atom. The summed E-state index contributed by atoms with van der Waals surface area (Å²) in [5.41, 5.74) is 0.251. The molecule has 0 unspecified atom stereocenters. The lowest BCUT2D eigenvalue weighted by atomic mass is 10.2. The highest BCUT2D eigenvalue weighted by Crippen LogP contribution is 2.28. The van der Waals surface area contributed by atoms with Crippen LogP contribution in [-0.2, 0) is 10.0 Å². The number of benzene rings is 3. The fraction of sp³-hybridized carbons (Fsp3) is 0. The number of hydrogen-bond donors (Lipinski definition) is 2. The minimum atomic E-state index is -4.25. The van der Waals surface area contributed by atoms with Gasteiger partial charge in [-0.15, -0.1) is 10.2 Å². The van der Waals surface area contributed by atoms with Gasteiger partial charge in [0.25, 0.3) is 27.3 Å². The van der Waals surface area contributed by atoms with Gasteiger partial charge in [0, 0.05) is 35.0 Å². The zero-order chi connectivity index (χ0) is 25.9. The number of anilines is 2. The van der Waals surface area contributed by atoms with Gasteiger partial charge in [-0.05, 0) is 42.5 Å². The van der Waals surface area contributed by atoms with Crippen molar-refractivity contribution in [3.8, 4) is 10.6 Å². The van der Waals surface area contributed by atoms with Gasteiger partial charge in [-0.1, -0.05) is 23.5 Å². The summed E-state index contributed by atoms with van der Waals surface area (Å²) in [6.07, 6.45) is 0. The SMILES string of the molecule is O=C(Nc1nnc(-c2ccc([N+](=O)[O-])cc2)s1)c1ccc(NS(=O)(=O)c2ccccc2[N+](=O)[O-])cc1. The molecule has 182 valence electrons. The van der Waals surface area contributed by atoms with Crippen LogP contribution in [0.25, 0.3) is 10.6 Å². The predicted molar refractivity (Wildman–Crippen MR) is 130 cm³/mol. The summed E-state index contributed by atoms with van der Waals surface area (Å²) >= 11 is 1.06. The molecule has 0 spiro atoms. The van der Waals surface area contributed by atoms with Crippen LogP contribution in [0.4, 0.5) is 22.2 Å². The van der Waals surface area contributed by atoms with Gasteiger partial charge in [-0.25, -0.2) is 8.42 Å². The molecule has 1 aromatic heterocycles. The highest BCUT2D eigenvalue weighted by Gasteiger charge is 2.25. The Kier molecular flexibility index (Phi) is 6.67. The number of non-ortho nitro benzene ring substituents is 1. The van der Waals surface area contributed by atoms with E-state index in [1.165, 1.54) is 60.7 Å². The molecule has 0 aliphatic heterocycles. The van der Waals surface area contributed by atoms with Crippen LogP contribution in [0.5, 0.6) is 0 Å². The fourth-order valence-corrected chi connectivity index (χ4v) is 5.00. The van der Waals surface area contributed by atoms with Crippen LogP contribution in [0.2, 0.25) is 0 Å². The van der Waals surface area contributed by atoms with E-state index in [0.717, 1.165) is 23.5 Å².